The van der Waals surface area contributed by atoms with Crippen molar-refractivity contribution in [3.63, 3.8) is 0 Å². The molecule has 1 unspecified atom stereocenters. The second kappa shape index (κ2) is 14.8. The first-order valence-electron chi connectivity index (χ1n) is 14.1. The quantitative estimate of drug-likeness (QED) is 0.242. The Hall–Kier alpha value is -3.48. The molecule has 43 heavy (non-hydrogen) atoms. The second-order valence-corrected chi connectivity index (χ2v) is 17.3. The summed E-state index contributed by atoms with van der Waals surface area (Å²) in [5, 5.41) is 12.7. The van der Waals surface area contributed by atoms with Crippen LogP contribution in [0.4, 0.5) is 19.0 Å². The Bertz CT molecular complexity index is 1320. The van der Waals surface area contributed by atoms with Crippen LogP contribution in [0.25, 0.3) is 0 Å². The number of pyridine rings is 1. The zero-order chi connectivity index (χ0) is 31.8. The van der Waals surface area contributed by atoms with E-state index in [1.165, 1.54) is 13.1 Å². The number of nitriles is 1. The molecule has 3 heterocycles. The molecule has 0 aliphatic carbocycles. The van der Waals surface area contributed by atoms with Crippen LogP contribution in [0.3, 0.4) is 0 Å². The molecule has 1 saturated heterocycles. The Balaban J connectivity index is 1.48. The average Bonchev–Trinajstić information content (AvgIpc) is 2.94. The van der Waals surface area contributed by atoms with Crippen LogP contribution in [0.15, 0.2) is 29.3 Å². The predicted octanol–water partition coefficient (Wildman–Crippen LogP) is 3.75. The Labute approximate surface area is 250 Å². The van der Waals surface area contributed by atoms with Gasteiger partial charge >= 0.3 is 6.18 Å². The van der Waals surface area contributed by atoms with Crippen LogP contribution >= 0.6 is 0 Å². The van der Waals surface area contributed by atoms with Crippen molar-refractivity contribution in [3.8, 4) is 11.8 Å². The van der Waals surface area contributed by atoms with Gasteiger partial charge in [0.1, 0.15) is 24.7 Å². The number of hydrogen-bond donors (Lipinski definition) is 0. The number of carbonyl (C=O) groups is 1. The zero-order valence-corrected chi connectivity index (χ0v) is 26.2. The third-order valence-electron chi connectivity index (χ3n) is 6.74. The van der Waals surface area contributed by atoms with Crippen molar-refractivity contribution < 1.29 is 32.2 Å². The standard InChI is InChI=1S/C28H39F3N6O5Si/c1-20(14-25(38)36-10-8-35(9-11-36)24-7-6-22(15-32)16-33-24)41-18-21(2)42-23-17-34-37(19-40-12-13-43(3,4)5)27(39)26(23)28(29,30)31/h6-7,16-17,20-21H,8-14,18-19H2,1-5H3/t20?,21-/m1/s1. The number of ether oxygens (including phenoxy) is 3. The van der Waals surface area contributed by atoms with Crippen LogP contribution in [0.1, 0.15) is 31.4 Å². The van der Waals surface area contributed by atoms with Gasteiger partial charge in [0, 0.05) is 47.1 Å². The number of carbonyl (C=O) groups excluding carboxylic acids is 1. The molecule has 1 fully saturated rings. The Morgan fingerprint density at radius 2 is 1.81 bits per heavy atom. The zero-order valence-electron chi connectivity index (χ0n) is 25.2. The largest absolute Gasteiger partial charge is 0.486 e. The summed E-state index contributed by atoms with van der Waals surface area (Å²) in [6.45, 7) is 11.6. The lowest BCUT2D eigenvalue weighted by Crippen LogP contribution is -2.49. The molecule has 11 nitrogen and oxygen atoms in total. The van der Waals surface area contributed by atoms with Gasteiger partial charge in [-0.25, -0.2) is 9.67 Å². The van der Waals surface area contributed by atoms with Crippen molar-refractivity contribution in [3.05, 3.63) is 46.0 Å². The van der Waals surface area contributed by atoms with E-state index in [-0.39, 0.29) is 18.9 Å². The van der Waals surface area contributed by atoms with Gasteiger partial charge < -0.3 is 24.0 Å². The van der Waals surface area contributed by atoms with Gasteiger partial charge in [-0.15, -0.1) is 0 Å². The van der Waals surface area contributed by atoms with E-state index in [2.05, 4.69) is 29.7 Å². The van der Waals surface area contributed by atoms with Gasteiger partial charge in [0.25, 0.3) is 5.56 Å². The topological polar surface area (TPSA) is 123 Å². The number of halogens is 3. The molecule has 0 bridgehead atoms. The van der Waals surface area contributed by atoms with E-state index in [1.807, 2.05) is 11.0 Å². The Kier molecular flexibility index (Phi) is 11.7. The minimum absolute atomic E-state index is 0.0882. The predicted molar refractivity (Wildman–Crippen MR) is 155 cm³/mol. The van der Waals surface area contributed by atoms with Crippen LogP contribution in [0.5, 0.6) is 5.75 Å². The molecule has 0 saturated carbocycles. The van der Waals surface area contributed by atoms with Crippen LogP contribution in [-0.2, 0) is 27.2 Å². The molecule has 15 heteroatoms. The highest BCUT2D eigenvalue weighted by molar-refractivity contribution is 6.76. The summed E-state index contributed by atoms with van der Waals surface area (Å²) in [6.07, 6.45) is -3.87. The van der Waals surface area contributed by atoms with Crippen LogP contribution < -0.4 is 15.2 Å². The van der Waals surface area contributed by atoms with Gasteiger partial charge in [-0.3, -0.25) is 9.59 Å². The molecule has 0 spiro atoms. The highest BCUT2D eigenvalue weighted by atomic mass is 28.3. The molecule has 2 aromatic heterocycles. The normalized spacial score (nSPS) is 15.6. The van der Waals surface area contributed by atoms with E-state index in [9.17, 15) is 22.8 Å². The number of nitrogens with zero attached hydrogens (tertiary/aromatic N) is 6. The molecule has 2 aromatic rings. The fourth-order valence-corrected chi connectivity index (χ4v) is 5.01. The molecule has 236 valence electrons. The van der Waals surface area contributed by atoms with Crippen LogP contribution in [-0.4, -0.2) is 85.2 Å². The number of anilines is 1. The average molecular weight is 625 g/mol. The first-order valence-corrected chi connectivity index (χ1v) is 17.8. The van der Waals surface area contributed by atoms with Crippen LogP contribution in [0.2, 0.25) is 25.7 Å². The van der Waals surface area contributed by atoms with Crippen molar-refractivity contribution in [1.29, 1.82) is 5.26 Å². The van der Waals surface area contributed by atoms with Gasteiger partial charge in [-0.1, -0.05) is 19.6 Å². The monoisotopic (exact) mass is 624 g/mol. The molecule has 2 atom stereocenters. The summed E-state index contributed by atoms with van der Waals surface area (Å²) in [5.41, 5.74) is -2.33. The first kappa shape index (κ1) is 34.0. The van der Waals surface area contributed by atoms with Gasteiger partial charge in [0.05, 0.1) is 30.9 Å². The Morgan fingerprint density at radius 3 is 2.40 bits per heavy atom. The van der Waals surface area contributed by atoms with Gasteiger partial charge in [-0.05, 0) is 32.0 Å². The van der Waals surface area contributed by atoms with Crippen molar-refractivity contribution in [2.45, 2.75) is 71.1 Å². The minimum atomic E-state index is -4.96. The van der Waals surface area contributed by atoms with Gasteiger partial charge in [0.15, 0.2) is 11.3 Å². The van der Waals surface area contributed by atoms with Gasteiger partial charge in [0.2, 0.25) is 5.91 Å². The van der Waals surface area contributed by atoms with E-state index in [0.717, 1.165) is 18.1 Å². The maximum absolute atomic E-state index is 13.8. The number of amides is 1. The third-order valence-corrected chi connectivity index (χ3v) is 8.45. The van der Waals surface area contributed by atoms with E-state index in [0.29, 0.717) is 43.0 Å². The van der Waals surface area contributed by atoms with Crippen molar-refractivity contribution >= 4 is 19.8 Å². The summed E-state index contributed by atoms with van der Waals surface area (Å²) in [6, 6.07) is 6.30. The SMILES string of the molecule is CC(CC(=O)N1CCN(c2ccc(C#N)cn2)CC1)OC[C@@H](C)Oc1cnn(COCC[Si](C)(C)C)c(=O)c1C(F)(F)F. The smallest absolute Gasteiger partial charge is 0.425 e. The molecule has 0 radical (unpaired) electrons. The molecule has 1 aliphatic rings. The maximum atomic E-state index is 13.8. The molecule has 1 amide bonds. The number of alkyl halides is 3. The van der Waals surface area contributed by atoms with E-state index in [1.54, 1.807) is 24.0 Å². The molecular formula is C28H39F3N6O5Si. The lowest BCUT2D eigenvalue weighted by molar-refractivity contribution is -0.142. The summed E-state index contributed by atoms with van der Waals surface area (Å²) < 4.78 is 58.6. The lowest BCUT2D eigenvalue weighted by Gasteiger charge is -2.35. The van der Waals surface area contributed by atoms with E-state index < -0.39 is 50.1 Å². The second-order valence-electron chi connectivity index (χ2n) is 11.7. The van der Waals surface area contributed by atoms with Crippen molar-refractivity contribution in [2.75, 3.05) is 44.3 Å². The summed E-state index contributed by atoms with van der Waals surface area (Å²) >= 11 is 0. The number of piperazine rings is 1. The number of aromatic nitrogens is 3. The maximum Gasteiger partial charge on any atom is 0.425 e. The van der Waals surface area contributed by atoms with Crippen molar-refractivity contribution in [1.82, 2.24) is 19.7 Å². The molecule has 0 N–H and O–H groups in total. The Morgan fingerprint density at radius 1 is 1.12 bits per heavy atom. The lowest BCUT2D eigenvalue weighted by atomic mass is 10.2. The van der Waals surface area contributed by atoms with Crippen molar-refractivity contribution in [2.24, 2.45) is 0 Å². The highest BCUT2D eigenvalue weighted by Gasteiger charge is 2.39. The molecule has 1 aliphatic heterocycles. The van der Waals surface area contributed by atoms with Crippen LogP contribution in [0, 0.1) is 11.3 Å². The fraction of sp³-hybridized carbons (Fsp3) is 0.607. The molecule has 3 rings (SSSR count). The van der Waals surface area contributed by atoms with E-state index >= 15 is 0 Å². The fourth-order valence-electron chi connectivity index (χ4n) is 4.25. The summed E-state index contributed by atoms with van der Waals surface area (Å²) in [4.78, 5) is 33.5. The third kappa shape index (κ3) is 10.3. The number of hydrogen-bond acceptors (Lipinski definition) is 9. The summed E-state index contributed by atoms with van der Waals surface area (Å²) in [5.74, 6) is -0.0539. The highest BCUT2D eigenvalue weighted by Crippen LogP contribution is 2.33. The molecule has 0 aromatic carbocycles. The first-order chi connectivity index (χ1) is 20.2. The molecular weight excluding hydrogens is 585 g/mol. The number of rotatable bonds is 13. The van der Waals surface area contributed by atoms with E-state index in [4.69, 9.17) is 19.5 Å². The van der Waals surface area contributed by atoms with Gasteiger partial charge in [-0.2, -0.15) is 23.5 Å². The minimum Gasteiger partial charge on any atom is -0.486 e. The summed E-state index contributed by atoms with van der Waals surface area (Å²) in [7, 11) is -1.41.